The van der Waals surface area contributed by atoms with Crippen LogP contribution in [0.25, 0.3) is 11.8 Å². The lowest BCUT2D eigenvalue weighted by Gasteiger charge is -2.26. The fourth-order valence-electron chi connectivity index (χ4n) is 4.55. The van der Waals surface area contributed by atoms with E-state index in [0.29, 0.717) is 26.4 Å². The van der Waals surface area contributed by atoms with Crippen LogP contribution in [0.5, 0.6) is 5.75 Å². The predicted molar refractivity (Wildman–Crippen MR) is 168 cm³/mol. The van der Waals surface area contributed by atoms with Gasteiger partial charge in [-0.1, -0.05) is 53.8 Å². The normalized spacial score (nSPS) is 15.0. The molecule has 3 aromatic carbocycles. The second-order valence-electron chi connectivity index (χ2n) is 8.72. The fraction of sp³-hybridized carbons (Fsp3) is 0.167. The van der Waals surface area contributed by atoms with Crippen molar-refractivity contribution in [2.45, 2.75) is 17.9 Å². The highest BCUT2D eigenvalue weighted by atomic mass is 79.9. The first-order valence-electron chi connectivity index (χ1n) is 12.3. The number of nitrogens with zero attached hydrogens (tertiary/aromatic N) is 2. The molecule has 204 valence electrons. The van der Waals surface area contributed by atoms with Crippen LogP contribution < -0.4 is 19.6 Å². The number of fused-ring (bicyclic) bond motifs is 1. The number of carbonyl (C=O) groups excluding carboxylic acids is 1. The van der Waals surface area contributed by atoms with Gasteiger partial charge >= 0.3 is 5.97 Å². The van der Waals surface area contributed by atoms with E-state index in [1.54, 1.807) is 30.4 Å². The van der Waals surface area contributed by atoms with Crippen molar-refractivity contribution in [2.75, 3.05) is 20.0 Å². The van der Waals surface area contributed by atoms with Crippen LogP contribution in [0.15, 0.2) is 95.9 Å². The van der Waals surface area contributed by atoms with Crippen molar-refractivity contribution < 1.29 is 14.3 Å². The first-order valence-corrected chi connectivity index (χ1v) is 15.9. The Morgan fingerprint density at radius 3 is 2.38 bits per heavy atom. The summed E-state index contributed by atoms with van der Waals surface area (Å²) in [5, 5.41) is 0. The second-order valence-corrected chi connectivity index (χ2v) is 12.3. The molecule has 0 radical (unpaired) electrons. The molecular formula is C30H24Br2N2O4S2. The van der Waals surface area contributed by atoms with E-state index in [-0.39, 0.29) is 12.2 Å². The quantitative estimate of drug-likeness (QED) is 0.170. The largest absolute Gasteiger partial charge is 0.494 e. The molecule has 6 nitrogen and oxygen atoms in total. The maximum Gasteiger partial charge on any atom is 0.338 e. The van der Waals surface area contributed by atoms with E-state index in [9.17, 15) is 9.59 Å². The molecule has 5 rings (SSSR count). The van der Waals surface area contributed by atoms with Gasteiger partial charge in [0.15, 0.2) is 4.80 Å². The monoisotopic (exact) mass is 698 g/mol. The van der Waals surface area contributed by atoms with Crippen molar-refractivity contribution in [3.05, 3.63) is 118 Å². The van der Waals surface area contributed by atoms with Gasteiger partial charge < -0.3 is 9.47 Å². The van der Waals surface area contributed by atoms with Crippen molar-refractivity contribution in [1.29, 1.82) is 0 Å². The number of hydrogen-bond donors (Lipinski definition) is 0. The summed E-state index contributed by atoms with van der Waals surface area (Å²) in [5.74, 6) is 0.167. The summed E-state index contributed by atoms with van der Waals surface area (Å²) < 4.78 is 14.6. The molecule has 0 amide bonds. The molecule has 0 bridgehead atoms. The van der Waals surface area contributed by atoms with Crippen LogP contribution in [0.3, 0.4) is 0 Å². The summed E-state index contributed by atoms with van der Waals surface area (Å²) in [4.78, 5) is 34.1. The Morgan fingerprint density at radius 1 is 1.10 bits per heavy atom. The number of methoxy groups -OCH3 is 1. The zero-order valence-corrected chi connectivity index (χ0v) is 26.6. The molecule has 2 heterocycles. The van der Waals surface area contributed by atoms with Gasteiger partial charge in [0, 0.05) is 10.5 Å². The maximum absolute atomic E-state index is 14.0. The van der Waals surface area contributed by atoms with Crippen molar-refractivity contribution in [1.82, 2.24) is 4.57 Å². The molecule has 1 atom stereocenters. The molecule has 10 heteroatoms. The number of ether oxygens (including phenoxy) is 2. The summed E-state index contributed by atoms with van der Waals surface area (Å²) >= 11 is 9.99. The first-order chi connectivity index (χ1) is 19.4. The molecular weight excluding hydrogens is 676 g/mol. The van der Waals surface area contributed by atoms with E-state index in [2.05, 4.69) is 31.9 Å². The number of rotatable bonds is 7. The van der Waals surface area contributed by atoms with Gasteiger partial charge in [-0.2, -0.15) is 0 Å². The van der Waals surface area contributed by atoms with Crippen molar-refractivity contribution >= 4 is 72.7 Å². The lowest BCUT2D eigenvalue weighted by atomic mass is 9.93. The molecule has 0 saturated heterocycles. The highest BCUT2D eigenvalue weighted by Crippen LogP contribution is 2.36. The van der Waals surface area contributed by atoms with Gasteiger partial charge in [-0.15, -0.1) is 11.8 Å². The van der Waals surface area contributed by atoms with Crippen LogP contribution in [0.4, 0.5) is 0 Å². The number of thioether (sulfide) groups is 1. The van der Waals surface area contributed by atoms with Gasteiger partial charge in [0.2, 0.25) is 0 Å². The summed E-state index contributed by atoms with van der Waals surface area (Å²) in [6.07, 6.45) is 3.83. The van der Waals surface area contributed by atoms with Crippen LogP contribution in [0.1, 0.15) is 29.7 Å². The van der Waals surface area contributed by atoms with Gasteiger partial charge in [0.05, 0.1) is 44.5 Å². The Bertz CT molecular complexity index is 1770. The molecule has 4 aromatic rings. The average molecular weight is 700 g/mol. The second kappa shape index (κ2) is 12.3. The number of halogens is 2. The van der Waals surface area contributed by atoms with Crippen LogP contribution >= 0.6 is 55.0 Å². The third kappa shape index (κ3) is 5.50. The van der Waals surface area contributed by atoms with Crippen LogP contribution in [-0.2, 0) is 9.53 Å². The lowest BCUT2D eigenvalue weighted by Crippen LogP contribution is -2.40. The number of hydrogen-bond acceptors (Lipinski definition) is 7. The smallest absolute Gasteiger partial charge is 0.338 e. The SMILES string of the molecule is CCOC(=O)C1=C(c2ccccc2)N=c2s/c(=C\c3cc(Br)c(OC)c(Br)c3)c(=O)n2[C@H]1c1ccc(SC)cc1. The van der Waals surface area contributed by atoms with Crippen LogP contribution in [0, 0.1) is 0 Å². The number of esters is 1. The minimum Gasteiger partial charge on any atom is -0.494 e. The number of carbonyl (C=O) groups is 1. The number of aromatic nitrogens is 1. The predicted octanol–water partition coefficient (Wildman–Crippen LogP) is 6.19. The van der Waals surface area contributed by atoms with E-state index in [4.69, 9.17) is 14.5 Å². The average Bonchev–Trinajstić information content (AvgIpc) is 3.27. The molecule has 1 aliphatic rings. The molecule has 0 aliphatic carbocycles. The third-order valence-corrected chi connectivity index (χ3v) is 9.23. The third-order valence-electron chi connectivity index (χ3n) is 6.33. The molecule has 1 aliphatic heterocycles. The first kappa shape index (κ1) is 28.6. The Hall–Kier alpha value is -2.92. The van der Waals surface area contributed by atoms with E-state index in [1.807, 2.05) is 79.1 Å². The number of thiazole rings is 1. The zero-order chi connectivity index (χ0) is 28.4. The Kier molecular flexibility index (Phi) is 8.80. The Balaban J connectivity index is 1.80. The summed E-state index contributed by atoms with van der Waals surface area (Å²) in [5.41, 5.74) is 2.97. The van der Waals surface area contributed by atoms with Crippen molar-refractivity contribution in [3.63, 3.8) is 0 Å². The van der Waals surface area contributed by atoms with Gasteiger partial charge in [-0.3, -0.25) is 9.36 Å². The van der Waals surface area contributed by atoms with Crippen LogP contribution in [-0.4, -0.2) is 30.5 Å². The topological polar surface area (TPSA) is 69.9 Å². The summed E-state index contributed by atoms with van der Waals surface area (Å²) in [7, 11) is 1.60. The van der Waals surface area contributed by atoms with Gasteiger partial charge in [-0.25, -0.2) is 9.79 Å². The van der Waals surface area contributed by atoms with Crippen molar-refractivity contribution in [3.8, 4) is 5.75 Å². The van der Waals surface area contributed by atoms with E-state index >= 15 is 0 Å². The van der Waals surface area contributed by atoms with E-state index in [0.717, 1.165) is 30.5 Å². The highest BCUT2D eigenvalue weighted by Gasteiger charge is 2.35. The number of benzene rings is 3. The molecule has 40 heavy (non-hydrogen) atoms. The Morgan fingerprint density at radius 2 is 1.77 bits per heavy atom. The van der Waals surface area contributed by atoms with E-state index in [1.165, 1.54) is 11.3 Å². The van der Waals surface area contributed by atoms with E-state index < -0.39 is 12.0 Å². The molecule has 0 fully saturated rings. The lowest BCUT2D eigenvalue weighted by molar-refractivity contribution is -0.138. The van der Waals surface area contributed by atoms with Crippen molar-refractivity contribution in [2.24, 2.45) is 4.99 Å². The van der Waals surface area contributed by atoms with Gasteiger partial charge in [-0.05, 0) is 86.5 Å². The fourth-order valence-corrected chi connectivity index (χ4v) is 7.51. The standard InChI is InChI=1S/C30H24Br2N2O4S2/c1-4-38-29(36)24-25(18-8-6-5-7-9-18)33-30-34(26(24)19-10-12-20(39-3)13-11-19)28(35)23(40-30)16-17-14-21(31)27(37-2)22(32)15-17/h5-16,26H,4H2,1-3H3/b23-16-/t26-/m0/s1. The molecule has 0 saturated carbocycles. The van der Waals surface area contributed by atoms with Gasteiger partial charge in [0.25, 0.3) is 5.56 Å². The maximum atomic E-state index is 14.0. The minimum atomic E-state index is -0.710. The summed E-state index contributed by atoms with van der Waals surface area (Å²) in [6.45, 7) is 1.97. The minimum absolute atomic E-state index is 0.203. The van der Waals surface area contributed by atoms with Gasteiger partial charge in [0.1, 0.15) is 5.75 Å². The van der Waals surface area contributed by atoms with Crippen LogP contribution in [0.2, 0.25) is 0 Å². The highest BCUT2D eigenvalue weighted by molar-refractivity contribution is 9.11. The molecule has 1 aromatic heterocycles. The molecule has 0 N–H and O–H groups in total. The summed E-state index contributed by atoms with van der Waals surface area (Å²) in [6, 6.07) is 20.5. The Labute approximate surface area is 256 Å². The molecule has 0 spiro atoms. The molecule has 0 unspecified atom stereocenters. The zero-order valence-electron chi connectivity index (χ0n) is 21.8.